The predicted octanol–water partition coefficient (Wildman–Crippen LogP) is 3.56. The molecule has 0 unspecified atom stereocenters. The molecule has 3 heterocycles. The van der Waals surface area contributed by atoms with Crippen molar-refractivity contribution in [2.24, 2.45) is 0 Å². The van der Waals surface area contributed by atoms with Gasteiger partial charge in [0.2, 0.25) is 11.3 Å². The zero-order valence-electron chi connectivity index (χ0n) is 17.3. The highest BCUT2D eigenvalue weighted by molar-refractivity contribution is 7.24. The number of nitrogens with zero attached hydrogens (tertiary/aromatic N) is 3. The van der Waals surface area contributed by atoms with Crippen molar-refractivity contribution >= 4 is 54.9 Å². The number of thiazole rings is 1. The van der Waals surface area contributed by atoms with E-state index in [4.69, 9.17) is 0 Å². The summed E-state index contributed by atoms with van der Waals surface area (Å²) in [5.41, 5.74) is 0.528. The number of hydrogen-bond donors (Lipinski definition) is 1. The molecule has 5 rings (SSSR count). The Bertz CT molecular complexity index is 1470. The molecule has 2 aromatic heterocycles. The van der Waals surface area contributed by atoms with Gasteiger partial charge in [0.15, 0.2) is 0 Å². The maximum absolute atomic E-state index is 15.2. The van der Waals surface area contributed by atoms with E-state index in [9.17, 15) is 19.5 Å². The minimum atomic E-state index is -1.33. The Morgan fingerprint density at radius 2 is 1.81 bits per heavy atom. The van der Waals surface area contributed by atoms with Gasteiger partial charge in [0.05, 0.1) is 26.8 Å². The number of para-hydroxylation sites is 1. The van der Waals surface area contributed by atoms with Gasteiger partial charge < -0.3 is 14.9 Å². The molecule has 1 saturated heterocycles. The van der Waals surface area contributed by atoms with E-state index >= 15 is 4.39 Å². The number of aromatic nitrogens is 1. The highest BCUT2D eigenvalue weighted by Gasteiger charge is 2.26. The number of hydrogen-bond acceptors (Lipinski definition) is 5. The fraction of sp³-hybridized carbons (Fsp3) is 0.261. The summed E-state index contributed by atoms with van der Waals surface area (Å²) in [6.07, 6.45) is 0.433. The monoisotopic (exact) mass is 453 g/mol. The Balaban J connectivity index is 1.74. The lowest BCUT2D eigenvalue weighted by Crippen LogP contribution is -2.48. The summed E-state index contributed by atoms with van der Waals surface area (Å²) >= 11 is 1.23. The number of pyridine rings is 1. The van der Waals surface area contributed by atoms with E-state index in [2.05, 4.69) is 0 Å². The number of carboxylic acids is 1. The fourth-order valence-corrected chi connectivity index (χ4v) is 5.58. The van der Waals surface area contributed by atoms with Gasteiger partial charge >= 0.3 is 5.97 Å². The Morgan fingerprint density at radius 3 is 2.50 bits per heavy atom. The molecule has 164 valence electrons. The molecule has 1 aliphatic heterocycles. The van der Waals surface area contributed by atoms with Gasteiger partial charge in [-0.3, -0.25) is 14.0 Å². The summed E-state index contributed by atoms with van der Waals surface area (Å²) < 4.78 is 17.7. The molecular formula is C23H20FN3O4S. The average Bonchev–Trinajstić information content (AvgIpc) is 3.17. The molecule has 32 heavy (non-hydrogen) atoms. The molecule has 1 fully saturated rings. The van der Waals surface area contributed by atoms with Gasteiger partial charge in [-0.1, -0.05) is 19.1 Å². The first-order valence-electron chi connectivity index (χ1n) is 10.4. The number of benzene rings is 2. The van der Waals surface area contributed by atoms with Crippen LogP contribution in [0.5, 0.6) is 0 Å². The number of piperazine rings is 1. The number of anilines is 1. The first-order chi connectivity index (χ1) is 15.4. The Kier molecular flexibility index (Phi) is 4.85. The van der Waals surface area contributed by atoms with Crippen LogP contribution in [0.3, 0.4) is 0 Å². The van der Waals surface area contributed by atoms with Crippen molar-refractivity contribution in [1.82, 2.24) is 9.30 Å². The maximum atomic E-state index is 15.2. The van der Waals surface area contributed by atoms with Crippen LogP contribution in [0.25, 0.3) is 25.9 Å². The number of carbonyl (C=O) groups excluding carboxylic acids is 1. The van der Waals surface area contributed by atoms with Crippen LogP contribution in [0.15, 0.2) is 41.2 Å². The zero-order valence-corrected chi connectivity index (χ0v) is 18.1. The number of carboxylic acid groups (broad SMARTS) is 1. The molecule has 2 aromatic carbocycles. The van der Waals surface area contributed by atoms with Crippen molar-refractivity contribution < 1.29 is 19.1 Å². The Hall–Kier alpha value is -3.46. The van der Waals surface area contributed by atoms with Crippen LogP contribution in [0.4, 0.5) is 10.1 Å². The summed E-state index contributed by atoms with van der Waals surface area (Å²) in [5, 5.41) is 9.76. The minimum Gasteiger partial charge on any atom is -0.477 e. The number of amides is 1. The molecule has 9 heteroatoms. The number of aromatic carboxylic acids is 1. The first kappa shape index (κ1) is 20.4. The van der Waals surface area contributed by atoms with Gasteiger partial charge in [0.1, 0.15) is 16.2 Å². The smallest absolute Gasteiger partial charge is 0.342 e. The fourth-order valence-electron chi connectivity index (χ4n) is 4.39. The number of halogens is 1. The third-order valence-corrected chi connectivity index (χ3v) is 7.14. The molecule has 1 amide bonds. The number of carbonyl (C=O) groups is 2. The largest absolute Gasteiger partial charge is 0.477 e. The molecule has 0 bridgehead atoms. The summed E-state index contributed by atoms with van der Waals surface area (Å²) in [6.45, 7) is 3.77. The molecule has 0 aliphatic carbocycles. The SMILES string of the molecule is CCC(=O)N1CCN(c2cc3c(cc2F)c(=O)c(C(=O)O)c2sc4ccccc4n23)CC1. The highest BCUT2D eigenvalue weighted by atomic mass is 32.1. The van der Waals surface area contributed by atoms with Crippen molar-refractivity contribution in [1.29, 1.82) is 0 Å². The summed E-state index contributed by atoms with van der Waals surface area (Å²) in [4.78, 5) is 40.9. The molecular weight excluding hydrogens is 433 g/mol. The van der Waals surface area contributed by atoms with E-state index in [0.717, 1.165) is 16.3 Å². The third-order valence-electron chi connectivity index (χ3n) is 6.00. The van der Waals surface area contributed by atoms with E-state index in [1.165, 1.54) is 11.3 Å². The van der Waals surface area contributed by atoms with Gasteiger partial charge in [-0.05, 0) is 24.3 Å². The van der Waals surface area contributed by atoms with Crippen LogP contribution in [-0.2, 0) is 4.79 Å². The molecule has 7 nitrogen and oxygen atoms in total. The number of fused-ring (bicyclic) bond motifs is 5. The quantitative estimate of drug-likeness (QED) is 0.513. The number of rotatable bonds is 3. The summed E-state index contributed by atoms with van der Waals surface area (Å²) in [6, 6.07) is 10.2. The summed E-state index contributed by atoms with van der Waals surface area (Å²) in [5.74, 6) is -1.84. The second-order valence-corrected chi connectivity index (χ2v) is 8.79. The topological polar surface area (TPSA) is 82.3 Å². The average molecular weight is 453 g/mol. The van der Waals surface area contributed by atoms with Gasteiger partial charge in [-0.15, -0.1) is 11.3 Å². The van der Waals surface area contributed by atoms with Gasteiger partial charge in [0.25, 0.3) is 0 Å². The van der Waals surface area contributed by atoms with Crippen molar-refractivity contribution in [3.63, 3.8) is 0 Å². The lowest BCUT2D eigenvalue weighted by atomic mass is 10.1. The van der Waals surface area contributed by atoms with Crippen molar-refractivity contribution in [3.8, 4) is 0 Å². The van der Waals surface area contributed by atoms with E-state index in [1.54, 1.807) is 15.4 Å². The van der Waals surface area contributed by atoms with E-state index in [1.807, 2.05) is 36.1 Å². The molecule has 0 radical (unpaired) electrons. The molecule has 4 aromatic rings. The highest BCUT2D eigenvalue weighted by Crippen LogP contribution is 2.33. The van der Waals surface area contributed by atoms with E-state index in [-0.39, 0.29) is 16.9 Å². The van der Waals surface area contributed by atoms with Crippen LogP contribution >= 0.6 is 11.3 Å². The van der Waals surface area contributed by atoms with Crippen LogP contribution in [0.2, 0.25) is 0 Å². The zero-order chi connectivity index (χ0) is 22.6. The van der Waals surface area contributed by atoms with Gasteiger partial charge in [-0.25, -0.2) is 9.18 Å². The van der Waals surface area contributed by atoms with E-state index < -0.39 is 17.2 Å². The Labute approximate surface area is 185 Å². The first-order valence-corrected chi connectivity index (χ1v) is 11.2. The van der Waals surface area contributed by atoms with Crippen molar-refractivity contribution in [3.05, 3.63) is 58.0 Å². The van der Waals surface area contributed by atoms with E-state index in [0.29, 0.717) is 48.6 Å². The lowest BCUT2D eigenvalue weighted by Gasteiger charge is -2.36. The summed E-state index contributed by atoms with van der Waals surface area (Å²) in [7, 11) is 0. The van der Waals surface area contributed by atoms with Crippen LogP contribution < -0.4 is 10.3 Å². The predicted molar refractivity (Wildman–Crippen MR) is 123 cm³/mol. The van der Waals surface area contributed by atoms with Crippen molar-refractivity contribution in [2.45, 2.75) is 13.3 Å². The molecule has 0 spiro atoms. The second-order valence-electron chi connectivity index (χ2n) is 7.76. The van der Waals surface area contributed by atoms with Crippen LogP contribution in [0.1, 0.15) is 23.7 Å². The van der Waals surface area contributed by atoms with Gasteiger partial charge in [0, 0.05) is 32.6 Å². The van der Waals surface area contributed by atoms with Crippen LogP contribution in [-0.4, -0.2) is 52.5 Å². The molecule has 0 atom stereocenters. The lowest BCUT2D eigenvalue weighted by molar-refractivity contribution is -0.131. The minimum absolute atomic E-state index is 0.0319. The standard InChI is InChI=1S/C23H20FN3O4S/c1-2-19(28)26-9-7-25(8-10-26)17-12-16-13(11-14(17)24)21(29)20(23(30)31)22-27(16)15-5-3-4-6-18(15)32-22/h3-6,11-12H,2,7-10H2,1H3,(H,30,31). The second kappa shape index (κ2) is 7.59. The normalized spacial score (nSPS) is 14.6. The molecule has 1 N–H and O–H groups in total. The molecule has 1 aliphatic rings. The van der Waals surface area contributed by atoms with Gasteiger partial charge in [-0.2, -0.15) is 0 Å². The maximum Gasteiger partial charge on any atom is 0.342 e. The Morgan fingerprint density at radius 1 is 1.09 bits per heavy atom. The van der Waals surface area contributed by atoms with Crippen LogP contribution in [0, 0.1) is 5.82 Å². The van der Waals surface area contributed by atoms with Crippen molar-refractivity contribution in [2.75, 3.05) is 31.1 Å². The molecule has 0 saturated carbocycles. The third kappa shape index (κ3) is 3.03.